The zero-order chi connectivity index (χ0) is 33.1. The van der Waals surface area contributed by atoms with E-state index in [9.17, 15) is 65.4 Å². The molecular weight excluding hydrogens is 604 g/mol. The number of carboxylic acid groups (broad SMARTS) is 1. The van der Waals surface area contributed by atoms with Gasteiger partial charge in [0.25, 0.3) is 5.79 Å². The van der Waals surface area contributed by atoms with Crippen molar-refractivity contribution in [2.24, 2.45) is 0 Å². The summed E-state index contributed by atoms with van der Waals surface area (Å²) in [5, 5.41) is 108. The van der Waals surface area contributed by atoms with Crippen molar-refractivity contribution in [3.05, 3.63) is 0 Å². The summed E-state index contributed by atoms with van der Waals surface area (Å²) in [6, 6.07) is -2.97. The number of carbonyl (C=O) groups is 3. The second-order valence-corrected chi connectivity index (χ2v) is 10.8. The maximum Gasteiger partial charge on any atom is 0.364 e. The minimum absolute atomic E-state index is 0.676. The van der Waals surface area contributed by atoms with Gasteiger partial charge in [0.2, 0.25) is 11.8 Å². The predicted molar refractivity (Wildman–Crippen MR) is 136 cm³/mol. The summed E-state index contributed by atoms with van der Waals surface area (Å²) in [4.78, 5) is 36.0. The Morgan fingerprint density at radius 1 is 0.932 bits per heavy atom. The summed E-state index contributed by atoms with van der Waals surface area (Å²) >= 11 is 0. The van der Waals surface area contributed by atoms with Gasteiger partial charge in [-0.3, -0.25) is 9.59 Å². The van der Waals surface area contributed by atoms with E-state index in [1.54, 1.807) is 0 Å². The van der Waals surface area contributed by atoms with E-state index in [-0.39, 0.29) is 0 Å². The lowest BCUT2D eigenvalue weighted by Gasteiger charge is -2.49. The predicted octanol–water partition coefficient (Wildman–Crippen LogP) is -7.44. The third kappa shape index (κ3) is 7.79. The molecule has 20 heteroatoms. The molecule has 0 aromatic rings. The number of carbonyl (C=O) groups excluding carboxylic acids is 2. The van der Waals surface area contributed by atoms with Crippen molar-refractivity contribution >= 4 is 17.8 Å². The SMILES string of the molecule is CC(=O)N[C@@H]1[C@@H](O[C@@H]2OC[C@H](O)[C@H](O[C@]3(C(=O)O)C[C@H](O)[C@@H](NC(C)=O)[C@H]([C@H](O)[C@H](O)CO)O3)[C@H]2O)[C@@H](O)[C@@H](CO)O[C@@H]1O. The van der Waals surface area contributed by atoms with E-state index in [2.05, 4.69) is 10.6 Å². The fraction of sp³-hybridized carbons (Fsp3) is 0.875. The summed E-state index contributed by atoms with van der Waals surface area (Å²) in [5.74, 6) is -6.27. The molecule has 12 N–H and O–H groups in total. The quantitative estimate of drug-likeness (QED) is 0.0993. The van der Waals surface area contributed by atoms with E-state index >= 15 is 0 Å². The normalized spacial score (nSPS) is 42.6. The van der Waals surface area contributed by atoms with Gasteiger partial charge in [-0.15, -0.1) is 0 Å². The summed E-state index contributed by atoms with van der Waals surface area (Å²) in [5.41, 5.74) is 0. The molecule has 0 saturated carbocycles. The highest BCUT2D eigenvalue weighted by Gasteiger charge is 2.59. The lowest BCUT2D eigenvalue weighted by molar-refractivity contribution is -0.369. The van der Waals surface area contributed by atoms with Crippen molar-refractivity contribution in [2.45, 2.75) is 112 Å². The van der Waals surface area contributed by atoms with Crippen LogP contribution in [0.25, 0.3) is 0 Å². The van der Waals surface area contributed by atoms with Gasteiger partial charge in [0.15, 0.2) is 12.6 Å². The van der Waals surface area contributed by atoms with Crippen LogP contribution in [0.15, 0.2) is 0 Å². The fourth-order valence-electron chi connectivity index (χ4n) is 5.30. The molecule has 15 atom stereocenters. The summed E-state index contributed by atoms with van der Waals surface area (Å²) in [7, 11) is 0. The standard InChI is InChI=1S/C24H40N2O18/c1-7(29)25-13-9(31)3-24(23(38)39,44-20(13)15(34)10(32)4-27)43-18-11(33)6-40-22(17(18)36)42-19-14(26-8(2)30)21(37)41-12(5-28)16(19)35/h9-22,27-28,31-37H,3-6H2,1-2H3,(H,25,29)(H,26,30)(H,38,39)/t9-,10+,11-,12+,13+,14+,15+,16-,17+,18-,19+,20+,21-,22-,24+/m0/s1. The van der Waals surface area contributed by atoms with Gasteiger partial charge < -0.3 is 85.4 Å². The smallest absolute Gasteiger partial charge is 0.364 e. The molecule has 3 saturated heterocycles. The topological polar surface area (TPSA) is 324 Å². The van der Waals surface area contributed by atoms with Gasteiger partial charge in [-0.2, -0.15) is 0 Å². The number of ether oxygens (including phenoxy) is 5. The number of carboxylic acids is 1. The molecule has 0 aromatic heterocycles. The molecule has 254 valence electrons. The van der Waals surface area contributed by atoms with Gasteiger partial charge in [0, 0.05) is 20.3 Å². The summed E-state index contributed by atoms with van der Waals surface area (Å²) < 4.78 is 27.2. The zero-order valence-electron chi connectivity index (χ0n) is 23.6. The monoisotopic (exact) mass is 644 g/mol. The minimum atomic E-state index is -2.95. The summed E-state index contributed by atoms with van der Waals surface area (Å²) in [6.45, 7) is -0.349. The molecule has 0 unspecified atom stereocenters. The Bertz CT molecular complexity index is 1010. The second kappa shape index (κ2) is 15.0. The maximum absolute atomic E-state index is 12.5. The van der Waals surface area contributed by atoms with Crippen molar-refractivity contribution in [3.8, 4) is 0 Å². The highest BCUT2D eigenvalue weighted by Crippen LogP contribution is 2.37. The highest BCUT2D eigenvalue weighted by atomic mass is 16.8. The van der Waals surface area contributed by atoms with E-state index < -0.39 is 136 Å². The third-order valence-electron chi connectivity index (χ3n) is 7.47. The van der Waals surface area contributed by atoms with Crippen LogP contribution in [0.4, 0.5) is 0 Å². The van der Waals surface area contributed by atoms with Gasteiger partial charge in [-0.05, 0) is 0 Å². The number of aliphatic carboxylic acids is 1. The van der Waals surface area contributed by atoms with Crippen molar-refractivity contribution in [2.75, 3.05) is 19.8 Å². The van der Waals surface area contributed by atoms with E-state index in [0.29, 0.717) is 0 Å². The average Bonchev–Trinajstić information content (AvgIpc) is 2.95. The molecule has 3 rings (SSSR count). The first kappa shape index (κ1) is 36.3. The van der Waals surface area contributed by atoms with Crippen molar-refractivity contribution in [1.82, 2.24) is 10.6 Å². The molecule has 0 radical (unpaired) electrons. The Morgan fingerprint density at radius 2 is 1.55 bits per heavy atom. The molecule has 0 spiro atoms. The number of hydrogen-bond acceptors (Lipinski definition) is 17. The van der Waals surface area contributed by atoms with E-state index in [1.807, 2.05) is 0 Å². The Labute approximate surface area is 249 Å². The van der Waals surface area contributed by atoms with Gasteiger partial charge in [0.1, 0.15) is 61.0 Å². The molecule has 0 bridgehead atoms. The largest absolute Gasteiger partial charge is 0.477 e. The molecule has 2 amide bonds. The number of amides is 2. The number of rotatable bonds is 11. The molecule has 3 aliphatic heterocycles. The van der Waals surface area contributed by atoms with Gasteiger partial charge >= 0.3 is 5.97 Å². The van der Waals surface area contributed by atoms with E-state index in [0.717, 1.165) is 13.8 Å². The van der Waals surface area contributed by atoms with E-state index in [4.69, 9.17) is 23.7 Å². The van der Waals surface area contributed by atoms with Crippen LogP contribution in [-0.2, 0) is 38.1 Å². The molecule has 3 fully saturated rings. The van der Waals surface area contributed by atoms with Gasteiger partial charge in [-0.1, -0.05) is 0 Å². The molecule has 0 aliphatic carbocycles. The van der Waals surface area contributed by atoms with Gasteiger partial charge in [0.05, 0.1) is 32.0 Å². The van der Waals surface area contributed by atoms with E-state index in [1.165, 1.54) is 0 Å². The molecule has 20 nitrogen and oxygen atoms in total. The number of hydrogen-bond donors (Lipinski definition) is 12. The number of nitrogens with one attached hydrogen (secondary N) is 2. The first-order chi connectivity index (χ1) is 20.6. The molecule has 3 heterocycles. The van der Waals surface area contributed by atoms with Crippen LogP contribution >= 0.6 is 0 Å². The van der Waals surface area contributed by atoms with Crippen LogP contribution in [-0.4, -0.2) is 180 Å². The average molecular weight is 645 g/mol. The van der Waals surface area contributed by atoms with Crippen LogP contribution in [0.1, 0.15) is 20.3 Å². The van der Waals surface area contributed by atoms with Crippen LogP contribution < -0.4 is 10.6 Å². The van der Waals surface area contributed by atoms with Crippen molar-refractivity contribution in [3.63, 3.8) is 0 Å². The van der Waals surface area contributed by atoms with Crippen LogP contribution in [0.2, 0.25) is 0 Å². The molecule has 3 aliphatic rings. The Kier molecular flexibility index (Phi) is 12.3. The number of aliphatic hydroxyl groups excluding tert-OH is 9. The van der Waals surface area contributed by atoms with Gasteiger partial charge in [-0.25, -0.2) is 4.79 Å². The highest BCUT2D eigenvalue weighted by molar-refractivity contribution is 5.76. The molecule has 44 heavy (non-hydrogen) atoms. The minimum Gasteiger partial charge on any atom is -0.477 e. The van der Waals surface area contributed by atoms with Crippen LogP contribution in [0, 0.1) is 0 Å². The van der Waals surface area contributed by atoms with Crippen molar-refractivity contribution < 1.29 is 89.1 Å². The summed E-state index contributed by atoms with van der Waals surface area (Å²) in [6.07, 6.45) is -22.8. The lowest BCUT2D eigenvalue weighted by Crippen LogP contribution is -2.70. The van der Waals surface area contributed by atoms with Crippen LogP contribution in [0.5, 0.6) is 0 Å². The third-order valence-corrected chi connectivity index (χ3v) is 7.47. The first-order valence-corrected chi connectivity index (χ1v) is 13.6. The first-order valence-electron chi connectivity index (χ1n) is 13.6. The number of aliphatic hydroxyl groups is 9. The molecule has 0 aromatic carbocycles. The zero-order valence-corrected chi connectivity index (χ0v) is 23.6. The van der Waals surface area contributed by atoms with Crippen molar-refractivity contribution in [1.29, 1.82) is 0 Å². The lowest BCUT2D eigenvalue weighted by atomic mass is 9.88. The Balaban J connectivity index is 1.90. The Morgan fingerprint density at radius 3 is 2.09 bits per heavy atom. The molecular formula is C24H40N2O18. The van der Waals surface area contributed by atoms with Crippen LogP contribution in [0.3, 0.4) is 0 Å². The fourth-order valence-corrected chi connectivity index (χ4v) is 5.30. The second-order valence-electron chi connectivity index (χ2n) is 10.8. The Hall–Kier alpha value is -2.15. The maximum atomic E-state index is 12.5.